The molecule has 0 aliphatic carbocycles. The van der Waals surface area contributed by atoms with Gasteiger partial charge in [-0.2, -0.15) is 0 Å². The molecule has 1 atom stereocenters. The van der Waals surface area contributed by atoms with Gasteiger partial charge in [-0.25, -0.2) is 0 Å². The molecule has 0 aliphatic heterocycles. The molecule has 96 valence electrons. The van der Waals surface area contributed by atoms with E-state index in [1.54, 1.807) is 11.3 Å². The van der Waals surface area contributed by atoms with Gasteiger partial charge in [-0.05, 0) is 53.2 Å². The van der Waals surface area contributed by atoms with Gasteiger partial charge in [-0.15, -0.1) is 11.3 Å². The number of benzene rings is 1. The zero-order valence-electron chi connectivity index (χ0n) is 10.4. The molecule has 0 fully saturated rings. The van der Waals surface area contributed by atoms with E-state index >= 15 is 0 Å². The van der Waals surface area contributed by atoms with E-state index in [2.05, 4.69) is 58.6 Å². The monoisotopic (exact) mass is 324 g/mol. The summed E-state index contributed by atoms with van der Waals surface area (Å²) in [7, 11) is 0. The van der Waals surface area contributed by atoms with Gasteiger partial charge in [0.25, 0.3) is 0 Å². The van der Waals surface area contributed by atoms with Gasteiger partial charge in [-0.1, -0.05) is 29.8 Å². The molecular weight excluding hydrogens is 308 g/mol. The number of halogens is 1. The molecule has 2 aromatic rings. The van der Waals surface area contributed by atoms with Crippen LogP contribution in [-0.4, -0.2) is 11.7 Å². The third kappa shape index (κ3) is 3.94. The molecule has 1 heterocycles. The van der Waals surface area contributed by atoms with Crippen molar-refractivity contribution in [1.29, 1.82) is 0 Å². The second-order valence-corrected chi connectivity index (χ2v) is 6.59. The topological polar surface area (TPSA) is 20.2 Å². The summed E-state index contributed by atoms with van der Waals surface area (Å²) in [6.45, 7) is 2.33. The first-order valence-electron chi connectivity index (χ1n) is 6.06. The van der Waals surface area contributed by atoms with Crippen LogP contribution in [-0.2, 0) is 12.8 Å². The van der Waals surface area contributed by atoms with E-state index < -0.39 is 0 Å². The van der Waals surface area contributed by atoms with Crippen molar-refractivity contribution in [3.8, 4) is 0 Å². The summed E-state index contributed by atoms with van der Waals surface area (Å²) in [5, 5.41) is 11.6. The van der Waals surface area contributed by atoms with Crippen LogP contribution in [0.3, 0.4) is 0 Å². The van der Waals surface area contributed by atoms with Crippen LogP contribution in [0.1, 0.15) is 16.0 Å². The largest absolute Gasteiger partial charge is 0.396 e. The molecule has 1 N–H and O–H groups in total. The number of thiophene rings is 1. The second-order valence-electron chi connectivity index (χ2n) is 4.67. The minimum atomic E-state index is 0.239. The Morgan fingerprint density at radius 1 is 1.22 bits per heavy atom. The van der Waals surface area contributed by atoms with Crippen LogP contribution >= 0.6 is 27.3 Å². The maximum absolute atomic E-state index is 9.50. The van der Waals surface area contributed by atoms with E-state index in [4.69, 9.17) is 0 Å². The van der Waals surface area contributed by atoms with E-state index in [-0.39, 0.29) is 6.61 Å². The summed E-state index contributed by atoms with van der Waals surface area (Å²) in [6, 6.07) is 10.7. The van der Waals surface area contributed by atoms with Crippen molar-refractivity contribution in [3.05, 3.63) is 56.2 Å². The number of aliphatic hydroxyl groups is 1. The molecule has 0 aliphatic rings. The molecule has 1 aromatic heterocycles. The Labute approximate surface area is 121 Å². The fourth-order valence-corrected chi connectivity index (χ4v) is 3.57. The highest BCUT2D eigenvalue weighted by Gasteiger charge is 2.11. The summed E-state index contributed by atoms with van der Waals surface area (Å²) >= 11 is 5.21. The SMILES string of the molecule is Cc1ccc(CC(CO)Cc2cc(Br)cs2)cc1. The minimum absolute atomic E-state index is 0.239. The van der Waals surface area contributed by atoms with Crippen molar-refractivity contribution < 1.29 is 5.11 Å². The summed E-state index contributed by atoms with van der Waals surface area (Å²) in [4.78, 5) is 1.33. The molecule has 18 heavy (non-hydrogen) atoms. The van der Waals surface area contributed by atoms with E-state index in [1.807, 2.05) is 0 Å². The van der Waals surface area contributed by atoms with E-state index in [0.717, 1.165) is 17.3 Å². The van der Waals surface area contributed by atoms with Crippen LogP contribution in [0.2, 0.25) is 0 Å². The first kappa shape index (κ1) is 13.8. The van der Waals surface area contributed by atoms with Gasteiger partial charge in [0.05, 0.1) is 0 Å². The van der Waals surface area contributed by atoms with E-state index in [1.165, 1.54) is 16.0 Å². The Morgan fingerprint density at radius 2 is 1.94 bits per heavy atom. The number of hydrogen-bond donors (Lipinski definition) is 1. The molecule has 0 bridgehead atoms. The normalized spacial score (nSPS) is 12.6. The fourth-order valence-electron chi connectivity index (χ4n) is 2.00. The minimum Gasteiger partial charge on any atom is -0.396 e. The number of hydrogen-bond acceptors (Lipinski definition) is 2. The van der Waals surface area contributed by atoms with E-state index in [9.17, 15) is 5.11 Å². The van der Waals surface area contributed by atoms with Crippen molar-refractivity contribution in [1.82, 2.24) is 0 Å². The summed E-state index contributed by atoms with van der Waals surface area (Å²) < 4.78 is 1.13. The van der Waals surface area contributed by atoms with Gasteiger partial charge < -0.3 is 5.11 Å². The van der Waals surface area contributed by atoms with Crippen LogP contribution in [0.15, 0.2) is 40.2 Å². The van der Waals surface area contributed by atoms with Crippen LogP contribution in [0, 0.1) is 12.8 Å². The lowest BCUT2D eigenvalue weighted by Crippen LogP contribution is -2.12. The first-order chi connectivity index (χ1) is 8.67. The Hall–Kier alpha value is -0.640. The fraction of sp³-hybridized carbons (Fsp3) is 0.333. The summed E-state index contributed by atoms with van der Waals surface area (Å²) in [5.41, 5.74) is 2.58. The van der Waals surface area contributed by atoms with Crippen molar-refractivity contribution >= 4 is 27.3 Å². The maximum atomic E-state index is 9.50. The molecule has 3 heteroatoms. The molecule has 0 saturated heterocycles. The average Bonchev–Trinajstić information content (AvgIpc) is 2.77. The van der Waals surface area contributed by atoms with Gasteiger partial charge in [0.2, 0.25) is 0 Å². The molecule has 1 nitrogen and oxygen atoms in total. The Bertz CT molecular complexity index is 489. The summed E-state index contributed by atoms with van der Waals surface area (Å²) in [6.07, 6.45) is 1.88. The molecule has 0 amide bonds. The Morgan fingerprint density at radius 3 is 2.50 bits per heavy atom. The Balaban J connectivity index is 1.99. The third-order valence-corrected chi connectivity index (χ3v) is 4.73. The molecule has 1 aromatic carbocycles. The molecule has 0 saturated carbocycles. The maximum Gasteiger partial charge on any atom is 0.0465 e. The van der Waals surface area contributed by atoms with Crippen LogP contribution in [0.5, 0.6) is 0 Å². The highest BCUT2D eigenvalue weighted by Crippen LogP contribution is 2.23. The van der Waals surface area contributed by atoms with Crippen LogP contribution in [0.25, 0.3) is 0 Å². The first-order valence-corrected chi connectivity index (χ1v) is 7.74. The smallest absolute Gasteiger partial charge is 0.0465 e. The van der Waals surface area contributed by atoms with Crippen LogP contribution < -0.4 is 0 Å². The molecule has 1 unspecified atom stereocenters. The van der Waals surface area contributed by atoms with Gasteiger partial charge in [0.1, 0.15) is 0 Å². The highest BCUT2D eigenvalue weighted by atomic mass is 79.9. The number of aliphatic hydroxyl groups excluding tert-OH is 1. The standard InChI is InChI=1S/C15H17BrOS/c1-11-2-4-12(5-3-11)6-13(9-17)7-15-8-14(16)10-18-15/h2-5,8,10,13,17H,6-7,9H2,1H3. The predicted molar refractivity (Wildman–Crippen MR) is 81.2 cm³/mol. The zero-order valence-corrected chi connectivity index (χ0v) is 12.8. The Kier molecular flexibility index (Phi) is 4.98. The van der Waals surface area contributed by atoms with Crippen molar-refractivity contribution in [3.63, 3.8) is 0 Å². The van der Waals surface area contributed by atoms with Gasteiger partial charge in [-0.3, -0.25) is 0 Å². The highest BCUT2D eigenvalue weighted by molar-refractivity contribution is 9.10. The lowest BCUT2D eigenvalue weighted by molar-refractivity contribution is 0.225. The second kappa shape index (κ2) is 6.50. The number of rotatable bonds is 5. The lowest BCUT2D eigenvalue weighted by atomic mass is 9.96. The summed E-state index contributed by atoms with van der Waals surface area (Å²) in [5.74, 6) is 0.304. The molecular formula is C15H17BrOS. The zero-order chi connectivity index (χ0) is 13.0. The van der Waals surface area contributed by atoms with Crippen molar-refractivity contribution in [2.45, 2.75) is 19.8 Å². The van der Waals surface area contributed by atoms with Gasteiger partial charge >= 0.3 is 0 Å². The average molecular weight is 325 g/mol. The lowest BCUT2D eigenvalue weighted by Gasteiger charge is -2.13. The molecule has 0 radical (unpaired) electrons. The predicted octanol–water partition coefficient (Wildman–Crippen LogP) is 4.21. The number of aryl methyl sites for hydroxylation is 1. The van der Waals surface area contributed by atoms with Gasteiger partial charge in [0.15, 0.2) is 0 Å². The molecule has 0 spiro atoms. The van der Waals surface area contributed by atoms with Gasteiger partial charge in [0, 0.05) is 21.3 Å². The third-order valence-electron chi connectivity index (χ3n) is 3.01. The quantitative estimate of drug-likeness (QED) is 0.873. The van der Waals surface area contributed by atoms with Crippen LogP contribution in [0.4, 0.5) is 0 Å². The molecule has 2 rings (SSSR count). The van der Waals surface area contributed by atoms with E-state index in [0.29, 0.717) is 5.92 Å². The van der Waals surface area contributed by atoms with Crippen molar-refractivity contribution in [2.24, 2.45) is 5.92 Å². The van der Waals surface area contributed by atoms with Crippen molar-refractivity contribution in [2.75, 3.05) is 6.61 Å².